The number of aldehydes is 1. The number of ether oxygens (including phenoxy) is 2. The van der Waals surface area contributed by atoms with E-state index in [1.54, 1.807) is 0 Å². The van der Waals surface area contributed by atoms with Crippen molar-refractivity contribution < 1.29 is 37.4 Å². The third-order valence-corrected chi connectivity index (χ3v) is 6.77. The second-order valence-corrected chi connectivity index (χ2v) is 9.36. The Balaban J connectivity index is 1.44. The van der Waals surface area contributed by atoms with E-state index in [1.807, 2.05) is 0 Å². The van der Waals surface area contributed by atoms with E-state index in [0.717, 1.165) is 38.2 Å². The van der Waals surface area contributed by atoms with Gasteiger partial charge in [0.2, 0.25) is 11.8 Å². The van der Waals surface area contributed by atoms with Crippen LogP contribution in [-0.2, 0) is 14.4 Å². The number of carbonyl (C=O) groups is 4. The number of alkyl halides is 2. The molecule has 4 rings (SSSR count). The normalized spacial score (nSPS) is 22.7. The number of amides is 3. The van der Waals surface area contributed by atoms with E-state index in [4.69, 9.17) is 0 Å². The third-order valence-electron chi connectivity index (χ3n) is 6.77. The van der Waals surface area contributed by atoms with E-state index in [0.29, 0.717) is 25.7 Å². The van der Waals surface area contributed by atoms with Gasteiger partial charge in [0, 0.05) is 18.0 Å². The second kappa shape index (κ2) is 10.6. The third kappa shape index (κ3) is 6.26. The monoisotopic (exact) mass is 493 g/mol. The van der Waals surface area contributed by atoms with Gasteiger partial charge in [-0.05, 0) is 43.4 Å². The minimum atomic E-state index is -3.80. The molecule has 1 aromatic carbocycles. The van der Waals surface area contributed by atoms with Crippen LogP contribution in [0.5, 0.6) is 11.5 Å². The van der Waals surface area contributed by atoms with Gasteiger partial charge in [-0.3, -0.25) is 14.4 Å². The molecule has 3 amide bonds. The molecule has 11 heteroatoms. The Morgan fingerprint density at radius 3 is 2.51 bits per heavy atom. The van der Waals surface area contributed by atoms with Gasteiger partial charge in [0.25, 0.3) is 5.91 Å². The topological polar surface area (TPSA) is 123 Å². The molecule has 3 aliphatic rings. The molecule has 35 heavy (non-hydrogen) atoms. The van der Waals surface area contributed by atoms with Crippen LogP contribution in [0.25, 0.3) is 0 Å². The smallest absolute Gasteiger partial charge is 0.395 e. The van der Waals surface area contributed by atoms with Crippen LogP contribution in [0.2, 0.25) is 0 Å². The number of carbonyl (C=O) groups excluding carboxylic acids is 4. The van der Waals surface area contributed by atoms with Crippen LogP contribution in [0.1, 0.15) is 61.7 Å². The van der Waals surface area contributed by atoms with E-state index in [1.165, 1.54) is 12.1 Å². The molecule has 0 spiro atoms. The van der Waals surface area contributed by atoms with Crippen LogP contribution >= 0.6 is 0 Å². The molecule has 2 fully saturated rings. The van der Waals surface area contributed by atoms with E-state index in [-0.39, 0.29) is 41.2 Å². The van der Waals surface area contributed by atoms with Crippen LogP contribution in [0.3, 0.4) is 0 Å². The molecule has 0 aromatic heterocycles. The number of halogens is 2. The van der Waals surface area contributed by atoms with Crippen molar-refractivity contribution in [3.8, 4) is 11.5 Å². The Kier molecular flexibility index (Phi) is 7.51. The molecular formula is C24H29F2N3O6. The highest BCUT2D eigenvalue weighted by Gasteiger charge is 2.43. The standard InChI is InChI=1S/C24H29F2N3O6/c25-24(26)34-19-7-6-15(12-20(19)35-24)22(32)29-18(10-14-4-2-1-3-5-14)23(33)28-17(13-30)11-16-8-9-27-21(16)31/h6-7,12-14,16-18H,1-5,8-11H2,(H,27,31)(H,28,33)(H,29,32)/t16-,17-,18-/m0/s1. The number of hydrogen-bond donors (Lipinski definition) is 3. The van der Waals surface area contributed by atoms with Gasteiger partial charge >= 0.3 is 6.29 Å². The number of benzene rings is 1. The molecule has 1 aromatic rings. The van der Waals surface area contributed by atoms with Crippen molar-refractivity contribution >= 4 is 24.0 Å². The van der Waals surface area contributed by atoms with E-state index >= 15 is 0 Å². The number of rotatable bonds is 9. The quantitative estimate of drug-likeness (QED) is 0.454. The zero-order valence-electron chi connectivity index (χ0n) is 19.2. The summed E-state index contributed by atoms with van der Waals surface area (Å²) in [5, 5.41) is 8.07. The van der Waals surface area contributed by atoms with Gasteiger partial charge < -0.3 is 30.2 Å². The maximum Gasteiger partial charge on any atom is 0.586 e. The zero-order valence-corrected chi connectivity index (χ0v) is 19.2. The Morgan fingerprint density at radius 2 is 1.83 bits per heavy atom. The summed E-state index contributed by atoms with van der Waals surface area (Å²) >= 11 is 0. The maximum atomic E-state index is 13.3. The van der Waals surface area contributed by atoms with Crippen molar-refractivity contribution in [2.75, 3.05) is 6.54 Å². The molecule has 1 saturated heterocycles. The summed E-state index contributed by atoms with van der Waals surface area (Å²) in [7, 11) is 0. The highest BCUT2D eigenvalue weighted by Crippen LogP contribution is 2.41. The molecule has 1 saturated carbocycles. The first-order chi connectivity index (χ1) is 16.7. The van der Waals surface area contributed by atoms with Crippen molar-refractivity contribution in [1.29, 1.82) is 0 Å². The predicted molar refractivity (Wildman–Crippen MR) is 119 cm³/mol. The Bertz CT molecular complexity index is 982. The first kappa shape index (κ1) is 24.9. The maximum absolute atomic E-state index is 13.3. The molecule has 2 heterocycles. The summed E-state index contributed by atoms with van der Waals surface area (Å²) in [6.45, 7) is 0.533. The van der Waals surface area contributed by atoms with Gasteiger partial charge in [0.15, 0.2) is 11.5 Å². The molecule has 0 radical (unpaired) electrons. The van der Waals surface area contributed by atoms with Gasteiger partial charge in [-0.25, -0.2) is 0 Å². The Morgan fingerprint density at radius 1 is 1.09 bits per heavy atom. The average Bonchev–Trinajstić information content (AvgIpc) is 3.38. The van der Waals surface area contributed by atoms with Gasteiger partial charge in [-0.2, -0.15) is 0 Å². The molecule has 1 aliphatic carbocycles. The van der Waals surface area contributed by atoms with E-state index in [9.17, 15) is 28.0 Å². The summed E-state index contributed by atoms with van der Waals surface area (Å²) in [5.41, 5.74) is 0.0288. The van der Waals surface area contributed by atoms with Crippen LogP contribution in [-0.4, -0.2) is 48.9 Å². The van der Waals surface area contributed by atoms with Crippen LogP contribution in [0.15, 0.2) is 18.2 Å². The summed E-state index contributed by atoms with van der Waals surface area (Å²) in [6.07, 6.45) is 3.01. The fraction of sp³-hybridized carbons (Fsp3) is 0.583. The van der Waals surface area contributed by atoms with Gasteiger partial charge in [0.1, 0.15) is 12.3 Å². The van der Waals surface area contributed by atoms with Crippen molar-refractivity contribution in [1.82, 2.24) is 16.0 Å². The van der Waals surface area contributed by atoms with Crippen molar-refractivity contribution in [2.45, 2.75) is 69.7 Å². The lowest BCUT2D eigenvalue weighted by Crippen LogP contribution is -2.51. The van der Waals surface area contributed by atoms with E-state index < -0.39 is 30.2 Å². The lowest BCUT2D eigenvalue weighted by atomic mass is 9.84. The summed E-state index contributed by atoms with van der Waals surface area (Å²) < 4.78 is 35.4. The molecule has 190 valence electrons. The zero-order chi connectivity index (χ0) is 25.0. The predicted octanol–water partition coefficient (Wildman–Crippen LogP) is 2.29. The van der Waals surface area contributed by atoms with Crippen molar-refractivity contribution in [3.63, 3.8) is 0 Å². The minimum absolute atomic E-state index is 0.0288. The molecule has 3 N–H and O–H groups in total. The summed E-state index contributed by atoms with van der Waals surface area (Å²) in [4.78, 5) is 49.6. The molecule has 0 bridgehead atoms. The average molecular weight is 494 g/mol. The number of fused-ring (bicyclic) bond motifs is 1. The first-order valence-corrected chi connectivity index (χ1v) is 12.0. The number of nitrogens with one attached hydrogen (secondary N) is 3. The lowest BCUT2D eigenvalue weighted by Gasteiger charge is -2.27. The van der Waals surface area contributed by atoms with Crippen LogP contribution in [0, 0.1) is 11.8 Å². The van der Waals surface area contributed by atoms with Crippen molar-refractivity contribution in [2.24, 2.45) is 11.8 Å². The van der Waals surface area contributed by atoms with Gasteiger partial charge in [-0.1, -0.05) is 32.1 Å². The second-order valence-electron chi connectivity index (χ2n) is 9.36. The summed E-state index contributed by atoms with van der Waals surface area (Å²) in [5.74, 6) is -1.90. The van der Waals surface area contributed by atoms with Gasteiger partial charge in [-0.15, -0.1) is 8.78 Å². The molecular weight excluding hydrogens is 464 g/mol. The van der Waals surface area contributed by atoms with Crippen LogP contribution in [0.4, 0.5) is 8.78 Å². The fourth-order valence-electron chi connectivity index (χ4n) is 4.93. The van der Waals surface area contributed by atoms with Gasteiger partial charge in [0.05, 0.1) is 6.04 Å². The van der Waals surface area contributed by atoms with Crippen molar-refractivity contribution in [3.05, 3.63) is 23.8 Å². The van der Waals surface area contributed by atoms with Crippen LogP contribution < -0.4 is 25.4 Å². The largest absolute Gasteiger partial charge is 0.586 e. The Labute approximate surface area is 201 Å². The number of hydrogen-bond acceptors (Lipinski definition) is 6. The Hall–Kier alpha value is -3.24. The highest BCUT2D eigenvalue weighted by molar-refractivity contribution is 5.98. The first-order valence-electron chi connectivity index (χ1n) is 12.0. The minimum Gasteiger partial charge on any atom is -0.395 e. The molecule has 2 aliphatic heterocycles. The van der Waals surface area contributed by atoms with E-state index in [2.05, 4.69) is 25.4 Å². The molecule has 3 atom stereocenters. The summed E-state index contributed by atoms with van der Waals surface area (Å²) in [6, 6.07) is 1.85. The molecule has 0 unspecified atom stereocenters. The SMILES string of the molecule is O=C[C@H](C[C@@H]1CCNC1=O)NC(=O)[C@H](CC1CCCCC1)NC(=O)c1ccc2c(c1)OC(F)(F)O2. The highest BCUT2D eigenvalue weighted by atomic mass is 19.3. The fourth-order valence-corrected chi connectivity index (χ4v) is 4.93. The lowest BCUT2D eigenvalue weighted by molar-refractivity contribution is -0.286. The molecule has 9 nitrogen and oxygen atoms in total.